The number of nitrogens with two attached hydrogens (primary N) is 1. The minimum Gasteiger partial charge on any atom is -0.361 e. The number of nitrogens with zero attached hydrogens (tertiary/aromatic N) is 2. The number of nitrogens with one attached hydrogen (secondary N) is 1. The zero-order chi connectivity index (χ0) is 10.7. The van der Waals surface area contributed by atoms with Crippen LogP contribution in [0.25, 0.3) is 0 Å². The number of amidine groups is 1. The van der Waals surface area contributed by atoms with Crippen LogP contribution in [0.4, 0.5) is 0 Å². The lowest BCUT2D eigenvalue weighted by Gasteiger charge is -2.06. The van der Waals surface area contributed by atoms with E-state index in [4.69, 9.17) is 10.4 Å². The van der Waals surface area contributed by atoms with E-state index in [1.807, 2.05) is 13.0 Å². The fourth-order valence-corrected chi connectivity index (χ4v) is 1.87. The highest BCUT2D eigenvalue weighted by Crippen LogP contribution is 2.21. The van der Waals surface area contributed by atoms with E-state index in [1.165, 1.54) is 12.8 Å². The Morgan fingerprint density at radius 3 is 2.87 bits per heavy atom. The van der Waals surface area contributed by atoms with Crippen molar-refractivity contribution in [1.29, 1.82) is 0 Å². The molecule has 15 heavy (non-hydrogen) atoms. The normalized spacial score (nSPS) is 18.4. The van der Waals surface area contributed by atoms with Crippen molar-refractivity contribution >= 4 is 5.84 Å². The Bertz CT molecular complexity index is 352. The summed E-state index contributed by atoms with van der Waals surface area (Å²) in [5.74, 6) is 6.82. The van der Waals surface area contributed by atoms with Crippen molar-refractivity contribution in [3.63, 3.8) is 0 Å². The van der Waals surface area contributed by atoms with Crippen molar-refractivity contribution in [2.75, 3.05) is 0 Å². The van der Waals surface area contributed by atoms with Crippen LogP contribution in [0, 0.1) is 6.92 Å². The fraction of sp³-hybridized carbons (Fsp3) is 0.600. The maximum absolute atomic E-state index is 5.43. The van der Waals surface area contributed by atoms with Crippen LogP contribution >= 0.6 is 0 Å². The fourth-order valence-electron chi connectivity index (χ4n) is 1.87. The van der Waals surface area contributed by atoms with Gasteiger partial charge in [-0.2, -0.15) is 0 Å². The molecule has 0 saturated heterocycles. The first-order chi connectivity index (χ1) is 7.29. The number of aliphatic imine (C=N–C) groups is 1. The molecule has 0 aromatic carbocycles. The number of hydrogen-bond acceptors (Lipinski definition) is 4. The first-order valence-electron chi connectivity index (χ1n) is 5.27. The highest BCUT2D eigenvalue weighted by Gasteiger charge is 2.16. The number of hydrazine groups is 1. The van der Waals surface area contributed by atoms with E-state index in [2.05, 4.69) is 15.6 Å². The second-order valence-corrected chi connectivity index (χ2v) is 3.88. The molecule has 0 aliphatic heterocycles. The number of aromatic nitrogens is 1. The topological polar surface area (TPSA) is 76.4 Å². The summed E-state index contributed by atoms with van der Waals surface area (Å²) in [5, 5.41) is 3.88. The van der Waals surface area contributed by atoms with Gasteiger partial charge in [0.05, 0.1) is 6.04 Å². The van der Waals surface area contributed by atoms with Gasteiger partial charge in [-0.25, -0.2) is 5.84 Å². The van der Waals surface area contributed by atoms with Crippen molar-refractivity contribution in [2.24, 2.45) is 10.8 Å². The molecule has 0 atom stereocenters. The molecule has 1 aliphatic rings. The molecule has 0 unspecified atom stereocenters. The Morgan fingerprint density at radius 1 is 1.60 bits per heavy atom. The first-order valence-corrected chi connectivity index (χ1v) is 5.27. The molecule has 1 aromatic heterocycles. The summed E-state index contributed by atoms with van der Waals surface area (Å²) >= 11 is 0. The highest BCUT2D eigenvalue weighted by atomic mass is 16.5. The molecule has 5 heteroatoms. The van der Waals surface area contributed by atoms with Crippen molar-refractivity contribution in [2.45, 2.75) is 38.6 Å². The smallest absolute Gasteiger partial charge is 0.165 e. The van der Waals surface area contributed by atoms with Crippen LogP contribution < -0.4 is 11.3 Å². The van der Waals surface area contributed by atoms with Gasteiger partial charge in [0.15, 0.2) is 5.84 Å². The molecule has 1 heterocycles. The minimum absolute atomic E-state index is 0.382. The van der Waals surface area contributed by atoms with Gasteiger partial charge in [0, 0.05) is 6.07 Å². The average molecular weight is 208 g/mol. The van der Waals surface area contributed by atoms with Gasteiger partial charge in [0.25, 0.3) is 0 Å². The van der Waals surface area contributed by atoms with Gasteiger partial charge in [-0.05, 0) is 19.8 Å². The van der Waals surface area contributed by atoms with Crippen LogP contribution in [-0.4, -0.2) is 17.0 Å². The predicted molar refractivity (Wildman–Crippen MR) is 57.4 cm³/mol. The van der Waals surface area contributed by atoms with E-state index < -0.39 is 0 Å². The Morgan fingerprint density at radius 2 is 2.33 bits per heavy atom. The molecule has 1 fully saturated rings. The van der Waals surface area contributed by atoms with Crippen molar-refractivity contribution in [3.05, 3.63) is 17.5 Å². The molecule has 0 radical (unpaired) electrons. The summed E-state index contributed by atoms with van der Waals surface area (Å²) in [6.45, 7) is 1.85. The summed E-state index contributed by atoms with van der Waals surface area (Å²) in [5.41, 5.74) is 3.27. The number of aryl methyl sites for hydroxylation is 1. The molecule has 82 valence electrons. The third-order valence-electron chi connectivity index (χ3n) is 2.64. The van der Waals surface area contributed by atoms with E-state index in [1.54, 1.807) is 0 Å². The monoisotopic (exact) mass is 208 g/mol. The maximum atomic E-state index is 5.43. The molecule has 0 spiro atoms. The summed E-state index contributed by atoms with van der Waals surface area (Å²) in [6.07, 6.45) is 4.79. The van der Waals surface area contributed by atoms with Gasteiger partial charge in [-0.3, -0.25) is 4.99 Å². The molecular formula is C10H16N4O. The van der Waals surface area contributed by atoms with Crippen LogP contribution in [0.15, 0.2) is 15.6 Å². The van der Waals surface area contributed by atoms with Crippen molar-refractivity contribution < 1.29 is 4.52 Å². The molecule has 1 aliphatic carbocycles. The second kappa shape index (κ2) is 4.44. The molecule has 2 rings (SSSR count). The molecular weight excluding hydrogens is 192 g/mol. The van der Waals surface area contributed by atoms with Gasteiger partial charge >= 0.3 is 0 Å². The second-order valence-electron chi connectivity index (χ2n) is 3.88. The van der Waals surface area contributed by atoms with E-state index in [0.717, 1.165) is 18.6 Å². The SMILES string of the molecule is Cc1cc(C(=NC2CCCC2)NN)no1. The maximum Gasteiger partial charge on any atom is 0.165 e. The predicted octanol–water partition coefficient (Wildman–Crippen LogP) is 1.14. The average Bonchev–Trinajstić information content (AvgIpc) is 2.85. The third kappa shape index (κ3) is 2.36. The third-order valence-corrected chi connectivity index (χ3v) is 2.64. The first kappa shape index (κ1) is 10.2. The lowest BCUT2D eigenvalue weighted by molar-refractivity contribution is 0.396. The van der Waals surface area contributed by atoms with E-state index in [-0.39, 0.29) is 0 Å². The standard InChI is InChI=1S/C10H16N4O/c1-7-6-9(14-15-7)10(13-11)12-8-4-2-3-5-8/h6,8H,2-5,11H2,1H3,(H,12,13). The van der Waals surface area contributed by atoms with E-state index in [9.17, 15) is 0 Å². The van der Waals surface area contributed by atoms with E-state index >= 15 is 0 Å². The van der Waals surface area contributed by atoms with Crippen molar-refractivity contribution in [3.8, 4) is 0 Å². The van der Waals surface area contributed by atoms with Gasteiger partial charge in [0.1, 0.15) is 11.5 Å². The summed E-state index contributed by atoms with van der Waals surface area (Å²) in [4.78, 5) is 4.54. The zero-order valence-electron chi connectivity index (χ0n) is 8.86. The van der Waals surface area contributed by atoms with Crippen LogP contribution in [0.1, 0.15) is 37.1 Å². The largest absolute Gasteiger partial charge is 0.361 e. The summed E-state index contributed by atoms with van der Waals surface area (Å²) in [6, 6.07) is 2.21. The van der Waals surface area contributed by atoms with Gasteiger partial charge in [-0.15, -0.1) is 0 Å². The van der Waals surface area contributed by atoms with Gasteiger partial charge in [-0.1, -0.05) is 18.0 Å². The van der Waals surface area contributed by atoms with Crippen LogP contribution in [0.2, 0.25) is 0 Å². The van der Waals surface area contributed by atoms with Crippen molar-refractivity contribution in [1.82, 2.24) is 10.6 Å². The molecule has 1 aromatic rings. The Balaban J connectivity index is 2.15. The van der Waals surface area contributed by atoms with Gasteiger partial charge in [0.2, 0.25) is 0 Å². The molecule has 1 saturated carbocycles. The molecule has 0 bridgehead atoms. The minimum atomic E-state index is 0.382. The number of hydrogen-bond donors (Lipinski definition) is 2. The number of rotatable bonds is 2. The molecule has 3 N–H and O–H groups in total. The summed E-state index contributed by atoms with van der Waals surface area (Å²) in [7, 11) is 0. The lowest BCUT2D eigenvalue weighted by atomic mass is 10.2. The Kier molecular flexibility index (Phi) is 3.01. The quantitative estimate of drug-likeness (QED) is 0.330. The van der Waals surface area contributed by atoms with Crippen LogP contribution in [0.5, 0.6) is 0 Å². The van der Waals surface area contributed by atoms with E-state index in [0.29, 0.717) is 17.6 Å². The van der Waals surface area contributed by atoms with Crippen LogP contribution in [0.3, 0.4) is 0 Å². The summed E-state index contributed by atoms with van der Waals surface area (Å²) < 4.78 is 4.99. The van der Waals surface area contributed by atoms with Gasteiger partial charge < -0.3 is 9.95 Å². The lowest BCUT2D eigenvalue weighted by Crippen LogP contribution is -2.32. The van der Waals surface area contributed by atoms with Crippen LogP contribution in [-0.2, 0) is 0 Å². The zero-order valence-corrected chi connectivity index (χ0v) is 8.86. The Labute approximate surface area is 88.7 Å². The Hall–Kier alpha value is -1.36. The molecule has 0 amide bonds. The molecule has 5 nitrogen and oxygen atoms in total. The highest BCUT2D eigenvalue weighted by molar-refractivity contribution is 5.96.